The van der Waals surface area contributed by atoms with Crippen molar-refractivity contribution in [2.24, 2.45) is 0 Å². The average molecular weight is 485 g/mol. The Morgan fingerprint density at radius 3 is 2.38 bits per heavy atom. The molecule has 2 aromatic carbocycles. The van der Waals surface area contributed by atoms with Crippen molar-refractivity contribution in [3.8, 4) is 11.5 Å². The number of hydrogen-bond acceptors (Lipinski definition) is 5. The molecule has 0 radical (unpaired) electrons. The summed E-state index contributed by atoms with van der Waals surface area (Å²) in [6.07, 6.45) is 0. The van der Waals surface area contributed by atoms with Crippen LogP contribution in [0.2, 0.25) is 0 Å². The number of carbonyl (C=O) groups excluding carboxylic acids is 2. The smallest absolute Gasteiger partial charge is 0.325 e. The van der Waals surface area contributed by atoms with Crippen molar-refractivity contribution in [1.29, 1.82) is 0 Å². The normalized spacial score (nSPS) is 12.4. The van der Waals surface area contributed by atoms with Crippen LogP contribution in [0.3, 0.4) is 0 Å². The molecule has 0 aromatic heterocycles. The SMILES string of the molecule is O=C(CNC(=O)c1ccc(Br)cc1)OCc1cc2c(cc1Br)OCCO2. The van der Waals surface area contributed by atoms with Crippen molar-refractivity contribution in [1.82, 2.24) is 5.32 Å². The second-order valence-electron chi connectivity index (χ2n) is 5.44. The largest absolute Gasteiger partial charge is 0.486 e. The van der Waals surface area contributed by atoms with E-state index in [9.17, 15) is 9.59 Å². The van der Waals surface area contributed by atoms with Gasteiger partial charge in [-0.25, -0.2) is 0 Å². The Bertz CT molecular complexity index is 823. The Labute approximate surface area is 167 Å². The van der Waals surface area contributed by atoms with E-state index in [2.05, 4.69) is 37.2 Å². The molecule has 0 fully saturated rings. The molecular weight excluding hydrogens is 470 g/mol. The van der Waals surface area contributed by atoms with Crippen molar-refractivity contribution in [3.63, 3.8) is 0 Å². The second kappa shape index (κ2) is 8.55. The third kappa shape index (κ3) is 4.76. The van der Waals surface area contributed by atoms with Crippen molar-refractivity contribution in [2.45, 2.75) is 6.61 Å². The lowest BCUT2D eigenvalue weighted by Gasteiger charge is -2.19. The first-order valence-corrected chi connectivity index (χ1v) is 9.39. The fraction of sp³-hybridized carbons (Fsp3) is 0.222. The molecule has 0 bridgehead atoms. The minimum Gasteiger partial charge on any atom is -0.486 e. The Morgan fingerprint density at radius 2 is 1.69 bits per heavy atom. The lowest BCUT2D eigenvalue weighted by Crippen LogP contribution is -2.30. The number of nitrogens with one attached hydrogen (secondary N) is 1. The molecule has 0 spiro atoms. The molecule has 8 heteroatoms. The molecule has 0 saturated heterocycles. The predicted molar refractivity (Wildman–Crippen MR) is 101 cm³/mol. The summed E-state index contributed by atoms with van der Waals surface area (Å²) in [4.78, 5) is 23.9. The number of esters is 1. The molecule has 0 saturated carbocycles. The average Bonchev–Trinajstić information content (AvgIpc) is 2.65. The third-order valence-electron chi connectivity index (χ3n) is 3.60. The summed E-state index contributed by atoms with van der Waals surface area (Å²) in [6, 6.07) is 10.4. The van der Waals surface area contributed by atoms with E-state index in [-0.39, 0.29) is 19.1 Å². The topological polar surface area (TPSA) is 73.9 Å². The van der Waals surface area contributed by atoms with E-state index < -0.39 is 5.97 Å². The molecule has 6 nitrogen and oxygen atoms in total. The van der Waals surface area contributed by atoms with Gasteiger partial charge >= 0.3 is 5.97 Å². The van der Waals surface area contributed by atoms with E-state index in [1.165, 1.54) is 0 Å². The standard InChI is InChI=1S/C18H15Br2NO5/c19-13-3-1-11(2-4-13)18(23)21-9-17(22)26-10-12-7-15-16(8-14(12)20)25-6-5-24-15/h1-4,7-8H,5-6,9-10H2,(H,21,23). The van der Waals surface area contributed by atoms with Gasteiger partial charge in [-0.15, -0.1) is 0 Å². The predicted octanol–water partition coefficient (Wildman–Crippen LogP) is 3.46. The molecule has 136 valence electrons. The van der Waals surface area contributed by atoms with E-state index in [0.29, 0.717) is 30.3 Å². The van der Waals surface area contributed by atoms with Crippen LogP contribution in [0.4, 0.5) is 0 Å². The quantitative estimate of drug-likeness (QED) is 0.658. The molecule has 1 aliphatic heterocycles. The van der Waals surface area contributed by atoms with Gasteiger partial charge in [0.2, 0.25) is 0 Å². The highest BCUT2D eigenvalue weighted by atomic mass is 79.9. The Hall–Kier alpha value is -2.06. The molecule has 1 heterocycles. The molecule has 1 N–H and O–H groups in total. The zero-order valence-electron chi connectivity index (χ0n) is 13.6. The van der Waals surface area contributed by atoms with Gasteiger partial charge in [0.05, 0.1) is 0 Å². The highest BCUT2D eigenvalue weighted by Gasteiger charge is 2.16. The number of rotatable bonds is 5. The summed E-state index contributed by atoms with van der Waals surface area (Å²) in [7, 11) is 0. The molecule has 0 unspecified atom stereocenters. The summed E-state index contributed by atoms with van der Waals surface area (Å²) in [5.74, 6) is 0.404. The van der Waals surface area contributed by atoms with Crippen LogP contribution in [-0.4, -0.2) is 31.6 Å². The fourth-order valence-electron chi connectivity index (χ4n) is 2.28. The summed E-state index contributed by atoms with van der Waals surface area (Å²) in [5.41, 5.74) is 1.22. The van der Waals surface area contributed by atoms with E-state index in [0.717, 1.165) is 14.5 Å². The second-order valence-corrected chi connectivity index (χ2v) is 7.21. The number of halogens is 2. The van der Waals surface area contributed by atoms with Crippen LogP contribution in [0, 0.1) is 0 Å². The summed E-state index contributed by atoms with van der Waals surface area (Å²) < 4.78 is 17.9. The number of carbonyl (C=O) groups is 2. The maximum absolute atomic E-state index is 12.0. The maximum atomic E-state index is 12.0. The first-order valence-electron chi connectivity index (χ1n) is 7.80. The minimum atomic E-state index is -0.530. The summed E-state index contributed by atoms with van der Waals surface area (Å²) >= 11 is 6.73. The van der Waals surface area contributed by atoms with Crippen LogP contribution in [-0.2, 0) is 16.1 Å². The van der Waals surface area contributed by atoms with Crippen molar-refractivity contribution in [2.75, 3.05) is 19.8 Å². The van der Waals surface area contributed by atoms with Gasteiger partial charge in [0.25, 0.3) is 5.91 Å². The number of fused-ring (bicyclic) bond motifs is 1. The fourth-order valence-corrected chi connectivity index (χ4v) is 2.98. The first kappa shape index (κ1) is 18.7. The Kier molecular flexibility index (Phi) is 6.16. The molecule has 0 atom stereocenters. The lowest BCUT2D eigenvalue weighted by atomic mass is 10.2. The highest BCUT2D eigenvalue weighted by molar-refractivity contribution is 9.10. The van der Waals surface area contributed by atoms with Gasteiger partial charge in [-0.1, -0.05) is 31.9 Å². The van der Waals surface area contributed by atoms with Crippen molar-refractivity contribution >= 4 is 43.7 Å². The maximum Gasteiger partial charge on any atom is 0.325 e. The minimum absolute atomic E-state index is 0.0597. The van der Waals surface area contributed by atoms with E-state index in [1.54, 1.807) is 36.4 Å². The van der Waals surface area contributed by atoms with Gasteiger partial charge in [0.1, 0.15) is 26.4 Å². The van der Waals surface area contributed by atoms with Gasteiger partial charge in [0, 0.05) is 20.1 Å². The molecule has 1 aliphatic rings. The molecule has 26 heavy (non-hydrogen) atoms. The van der Waals surface area contributed by atoms with Crippen LogP contribution in [0.5, 0.6) is 11.5 Å². The van der Waals surface area contributed by atoms with Gasteiger partial charge < -0.3 is 19.5 Å². The van der Waals surface area contributed by atoms with Gasteiger partial charge in [-0.2, -0.15) is 0 Å². The zero-order chi connectivity index (χ0) is 18.5. The number of benzene rings is 2. The van der Waals surface area contributed by atoms with Crippen LogP contribution in [0.25, 0.3) is 0 Å². The van der Waals surface area contributed by atoms with Gasteiger partial charge in [-0.05, 0) is 36.4 Å². The number of hydrogen-bond donors (Lipinski definition) is 1. The lowest BCUT2D eigenvalue weighted by molar-refractivity contribution is -0.143. The number of amides is 1. The van der Waals surface area contributed by atoms with Gasteiger partial charge in [-0.3, -0.25) is 9.59 Å². The van der Waals surface area contributed by atoms with E-state index in [1.807, 2.05) is 0 Å². The van der Waals surface area contributed by atoms with Crippen LogP contribution >= 0.6 is 31.9 Å². The first-order chi connectivity index (χ1) is 12.5. The molecule has 2 aromatic rings. The van der Waals surface area contributed by atoms with Crippen LogP contribution in [0.15, 0.2) is 45.3 Å². The zero-order valence-corrected chi connectivity index (χ0v) is 16.8. The van der Waals surface area contributed by atoms with Gasteiger partial charge in [0.15, 0.2) is 11.5 Å². The third-order valence-corrected chi connectivity index (χ3v) is 4.87. The molecular formula is C18H15Br2NO5. The Morgan fingerprint density at radius 1 is 1.04 bits per heavy atom. The van der Waals surface area contributed by atoms with Crippen molar-refractivity contribution in [3.05, 3.63) is 56.5 Å². The Balaban J connectivity index is 1.51. The van der Waals surface area contributed by atoms with E-state index in [4.69, 9.17) is 14.2 Å². The molecule has 0 aliphatic carbocycles. The van der Waals surface area contributed by atoms with Crippen molar-refractivity contribution < 1.29 is 23.8 Å². The van der Waals surface area contributed by atoms with E-state index >= 15 is 0 Å². The number of ether oxygens (including phenoxy) is 3. The van der Waals surface area contributed by atoms with Crippen LogP contribution in [0.1, 0.15) is 15.9 Å². The monoisotopic (exact) mass is 483 g/mol. The summed E-state index contributed by atoms with van der Waals surface area (Å²) in [5, 5.41) is 2.53. The molecule has 3 rings (SSSR count). The summed E-state index contributed by atoms with van der Waals surface area (Å²) in [6.45, 7) is 0.836. The molecule has 1 amide bonds. The van der Waals surface area contributed by atoms with Crippen LogP contribution < -0.4 is 14.8 Å². The highest BCUT2D eigenvalue weighted by Crippen LogP contribution is 2.35.